The molecule has 0 saturated heterocycles. The first-order valence-electron chi connectivity index (χ1n) is 6.79. The molecule has 0 atom stereocenters. The van der Waals surface area contributed by atoms with Crippen molar-refractivity contribution in [3.63, 3.8) is 0 Å². The van der Waals surface area contributed by atoms with Gasteiger partial charge < -0.3 is 10.0 Å². The van der Waals surface area contributed by atoms with Gasteiger partial charge in [0.25, 0.3) is 0 Å². The number of para-hydroxylation sites is 1. The molecule has 0 aromatic heterocycles. The van der Waals surface area contributed by atoms with Crippen molar-refractivity contribution in [2.45, 2.75) is 39.0 Å². The summed E-state index contributed by atoms with van der Waals surface area (Å²) in [5.74, 6) is 0. The first-order chi connectivity index (χ1) is 8.38. The molecule has 0 unspecified atom stereocenters. The number of unbranched alkanes of at least 4 members (excludes halogenated alkanes) is 4. The number of aliphatic hydroxyl groups is 1. The predicted octanol–water partition coefficient (Wildman–Crippen LogP) is 3.46. The fraction of sp³-hybridized carbons (Fsp3) is 0.600. The summed E-state index contributed by atoms with van der Waals surface area (Å²) >= 11 is 0. The molecule has 0 aliphatic rings. The van der Waals surface area contributed by atoms with Gasteiger partial charge in [-0.25, -0.2) is 0 Å². The quantitative estimate of drug-likeness (QED) is 0.663. The Bertz CT molecular complexity index is 274. The zero-order chi connectivity index (χ0) is 12.3. The second kappa shape index (κ2) is 9.06. The lowest BCUT2D eigenvalue weighted by Gasteiger charge is -2.23. The molecule has 2 nitrogen and oxygen atoms in total. The van der Waals surface area contributed by atoms with E-state index in [1.807, 2.05) is 6.07 Å². The minimum absolute atomic E-state index is 0.226. The van der Waals surface area contributed by atoms with E-state index in [4.69, 9.17) is 5.11 Å². The van der Waals surface area contributed by atoms with Gasteiger partial charge in [-0.1, -0.05) is 50.8 Å². The average Bonchev–Trinajstić information content (AvgIpc) is 2.38. The van der Waals surface area contributed by atoms with E-state index in [1.54, 1.807) is 0 Å². The van der Waals surface area contributed by atoms with Gasteiger partial charge in [-0.15, -0.1) is 0 Å². The van der Waals surface area contributed by atoms with E-state index in [-0.39, 0.29) is 6.61 Å². The Hall–Kier alpha value is -1.02. The predicted molar refractivity (Wildman–Crippen MR) is 74.5 cm³/mol. The molecule has 17 heavy (non-hydrogen) atoms. The Morgan fingerprint density at radius 2 is 1.65 bits per heavy atom. The number of rotatable bonds is 9. The highest BCUT2D eigenvalue weighted by Gasteiger charge is 2.04. The maximum atomic E-state index is 9.10. The van der Waals surface area contributed by atoms with Crippen LogP contribution in [0, 0.1) is 0 Å². The zero-order valence-electron chi connectivity index (χ0n) is 10.9. The standard InChI is InChI=1S/C15H25NO/c1-2-3-4-5-9-12-16(13-14-17)15-10-7-6-8-11-15/h6-8,10-11,17H,2-5,9,12-14H2,1H3. The van der Waals surface area contributed by atoms with Crippen molar-refractivity contribution in [1.29, 1.82) is 0 Å². The van der Waals surface area contributed by atoms with Crippen molar-refractivity contribution in [3.05, 3.63) is 30.3 Å². The monoisotopic (exact) mass is 235 g/mol. The zero-order valence-corrected chi connectivity index (χ0v) is 10.9. The fourth-order valence-electron chi connectivity index (χ4n) is 2.04. The van der Waals surface area contributed by atoms with E-state index in [9.17, 15) is 0 Å². The summed E-state index contributed by atoms with van der Waals surface area (Å²) in [4.78, 5) is 2.27. The topological polar surface area (TPSA) is 23.5 Å². The Kier molecular flexibility index (Phi) is 7.48. The third kappa shape index (κ3) is 5.73. The molecule has 0 bridgehead atoms. The maximum Gasteiger partial charge on any atom is 0.0606 e. The van der Waals surface area contributed by atoms with Crippen LogP contribution in [0.15, 0.2) is 30.3 Å². The van der Waals surface area contributed by atoms with Gasteiger partial charge in [0.2, 0.25) is 0 Å². The van der Waals surface area contributed by atoms with Gasteiger partial charge in [0.05, 0.1) is 6.61 Å². The summed E-state index contributed by atoms with van der Waals surface area (Å²) in [6, 6.07) is 10.4. The lowest BCUT2D eigenvalue weighted by molar-refractivity contribution is 0.301. The van der Waals surface area contributed by atoms with Gasteiger partial charge in [-0.05, 0) is 18.6 Å². The van der Waals surface area contributed by atoms with Crippen LogP contribution in [0.3, 0.4) is 0 Å². The lowest BCUT2D eigenvalue weighted by Crippen LogP contribution is -2.27. The van der Waals surface area contributed by atoms with E-state index in [1.165, 1.54) is 37.8 Å². The van der Waals surface area contributed by atoms with Crippen LogP contribution < -0.4 is 4.90 Å². The highest BCUT2D eigenvalue weighted by atomic mass is 16.3. The van der Waals surface area contributed by atoms with E-state index in [0.717, 1.165) is 13.1 Å². The largest absolute Gasteiger partial charge is 0.395 e. The normalized spacial score (nSPS) is 10.5. The minimum Gasteiger partial charge on any atom is -0.395 e. The minimum atomic E-state index is 0.226. The third-order valence-corrected chi connectivity index (χ3v) is 3.02. The lowest BCUT2D eigenvalue weighted by atomic mass is 10.1. The molecular formula is C15H25NO. The molecule has 96 valence electrons. The maximum absolute atomic E-state index is 9.10. The molecule has 0 radical (unpaired) electrons. The first-order valence-corrected chi connectivity index (χ1v) is 6.79. The smallest absolute Gasteiger partial charge is 0.0606 e. The van der Waals surface area contributed by atoms with E-state index >= 15 is 0 Å². The van der Waals surface area contributed by atoms with Crippen LogP contribution in [0.5, 0.6) is 0 Å². The molecule has 1 aromatic carbocycles. The summed E-state index contributed by atoms with van der Waals surface area (Å²) in [6.45, 7) is 4.25. The summed E-state index contributed by atoms with van der Waals surface area (Å²) in [5.41, 5.74) is 1.22. The van der Waals surface area contributed by atoms with E-state index in [0.29, 0.717) is 0 Å². The highest BCUT2D eigenvalue weighted by Crippen LogP contribution is 2.14. The molecule has 1 aromatic rings. The molecule has 2 heteroatoms. The van der Waals surface area contributed by atoms with Gasteiger partial charge in [0.1, 0.15) is 0 Å². The Morgan fingerprint density at radius 1 is 0.941 bits per heavy atom. The molecule has 0 spiro atoms. The van der Waals surface area contributed by atoms with Crippen molar-refractivity contribution in [3.8, 4) is 0 Å². The molecule has 0 amide bonds. The molecule has 0 heterocycles. The van der Waals surface area contributed by atoms with Gasteiger partial charge in [0, 0.05) is 18.8 Å². The number of hydrogen-bond acceptors (Lipinski definition) is 2. The van der Waals surface area contributed by atoms with Crippen LogP contribution in [0.1, 0.15) is 39.0 Å². The Labute approximate surface area is 105 Å². The summed E-state index contributed by atoms with van der Waals surface area (Å²) in [7, 11) is 0. The Balaban J connectivity index is 2.33. The second-order valence-corrected chi connectivity index (χ2v) is 4.46. The van der Waals surface area contributed by atoms with Crippen LogP contribution in [-0.4, -0.2) is 24.8 Å². The SMILES string of the molecule is CCCCCCCN(CCO)c1ccccc1. The second-order valence-electron chi connectivity index (χ2n) is 4.46. The Morgan fingerprint density at radius 3 is 2.29 bits per heavy atom. The molecule has 0 saturated carbocycles. The van der Waals surface area contributed by atoms with Crippen molar-refractivity contribution >= 4 is 5.69 Å². The summed E-state index contributed by atoms with van der Waals surface area (Å²) < 4.78 is 0. The molecule has 0 aliphatic carbocycles. The number of aliphatic hydroxyl groups excluding tert-OH is 1. The van der Waals surface area contributed by atoms with Crippen LogP contribution in [0.25, 0.3) is 0 Å². The first kappa shape index (κ1) is 14.0. The molecule has 1 N–H and O–H groups in total. The van der Waals surface area contributed by atoms with Crippen molar-refractivity contribution in [2.24, 2.45) is 0 Å². The molecule has 1 rings (SSSR count). The van der Waals surface area contributed by atoms with Crippen molar-refractivity contribution in [2.75, 3.05) is 24.6 Å². The van der Waals surface area contributed by atoms with E-state index < -0.39 is 0 Å². The van der Waals surface area contributed by atoms with Crippen LogP contribution >= 0.6 is 0 Å². The van der Waals surface area contributed by atoms with Crippen LogP contribution in [0.2, 0.25) is 0 Å². The molecular weight excluding hydrogens is 210 g/mol. The van der Waals surface area contributed by atoms with Gasteiger partial charge >= 0.3 is 0 Å². The van der Waals surface area contributed by atoms with Crippen LogP contribution in [0.4, 0.5) is 5.69 Å². The molecule has 0 aliphatic heterocycles. The number of nitrogens with zero attached hydrogens (tertiary/aromatic N) is 1. The number of hydrogen-bond donors (Lipinski definition) is 1. The third-order valence-electron chi connectivity index (χ3n) is 3.02. The van der Waals surface area contributed by atoms with E-state index in [2.05, 4.69) is 36.1 Å². The van der Waals surface area contributed by atoms with Crippen molar-refractivity contribution in [1.82, 2.24) is 0 Å². The highest BCUT2D eigenvalue weighted by molar-refractivity contribution is 5.45. The number of anilines is 1. The summed E-state index contributed by atoms with van der Waals surface area (Å²) in [5, 5.41) is 9.10. The average molecular weight is 235 g/mol. The molecule has 0 fully saturated rings. The summed E-state index contributed by atoms with van der Waals surface area (Å²) in [6.07, 6.45) is 6.47. The van der Waals surface area contributed by atoms with Crippen LogP contribution in [-0.2, 0) is 0 Å². The van der Waals surface area contributed by atoms with Crippen molar-refractivity contribution < 1.29 is 5.11 Å². The van der Waals surface area contributed by atoms with Gasteiger partial charge in [-0.3, -0.25) is 0 Å². The fourth-order valence-corrected chi connectivity index (χ4v) is 2.04. The van der Waals surface area contributed by atoms with Gasteiger partial charge in [0.15, 0.2) is 0 Å². The van der Waals surface area contributed by atoms with Gasteiger partial charge in [-0.2, -0.15) is 0 Å². The number of benzene rings is 1.